The summed E-state index contributed by atoms with van der Waals surface area (Å²) in [7, 11) is 1.64. The van der Waals surface area contributed by atoms with Crippen molar-refractivity contribution in [3.63, 3.8) is 0 Å². The fourth-order valence-electron chi connectivity index (χ4n) is 1.72. The van der Waals surface area contributed by atoms with Crippen molar-refractivity contribution in [2.75, 3.05) is 19.0 Å². The molecule has 96 valence electrons. The summed E-state index contributed by atoms with van der Waals surface area (Å²) in [4.78, 5) is 4.18. The number of nitrogens with one attached hydrogen (secondary N) is 1. The normalized spacial score (nSPS) is 10.4. The smallest absolute Gasteiger partial charge is 0.121 e. The van der Waals surface area contributed by atoms with Crippen molar-refractivity contribution < 1.29 is 4.74 Å². The van der Waals surface area contributed by atoms with E-state index in [-0.39, 0.29) is 0 Å². The van der Waals surface area contributed by atoms with Crippen LogP contribution >= 0.6 is 11.6 Å². The van der Waals surface area contributed by atoms with Gasteiger partial charge in [-0.15, -0.1) is 0 Å². The Bertz CT molecular complexity index is 525. The highest BCUT2D eigenvalue weighted by Gasteiger charge is 2.02. The molecule has 0 aliphatic rings. The van der Waals surface area contributed by atoms with E-state index in [1.54, 1.807) is 13.3 Å². The van der Waals surface area contributed by atoms with E-state index < -0.39 is 0 Å². The molecule has 2 aromatic rings. The lowest BCUT2D eigenvalue weighted by atomic mass is 10.3. The van der Waals surface area contributed by atoms with Gasteiger partial charge in [-0.25, -0.2) is 4.98 Å². The van der Waals surface area contributed by atoms with Crippen LogP contribution in [0.4, 0.5) is 5.69 Å². The van der Waals surface area contributed by atoms with E-state index in [0.29, 0.717) is 5.02 Å². The summed E-state index contributed by atoms with van der Waals surface area (Å²) in [6.45, 7) is 3.61. The fraction of sp³-hybridized carbons (Fsp3) is 0.308. The Morgan fingerprint density at radius 2 is 2.28 bits per heavy atom. The number of rotatable bonds is 5. The highest BCUT2D eigenvalue weighted by atomic mass is 35.5. The molecule has 0 aliphatic carbocycles. The molecule has 0 radical (unpaired) electrons. The maximum atomic E-state index is 6.11. The average Bonchev–Trinajstić information content (AvgIpc) is 2.77. The molecule has 0 unspecified atom stereocenters. The standard InChI is InChI=1S/C13H16ClN3O/c1-10-15-5-7-17(10)8-6-16-13-9-11(18-2)3-4-12(13)14/h3-5,7,9,16H,6,8H2,1-2H3. The third-order valence-electron chi connectivity index (χ3n) is 2.77. The van der Waals surface area contributed by atoms with Gasteiger partial charge in [0.1, 0.15) is 11.6 Å². The predicted octanol–water partition coefficient (Wildman–Crippen LogP) is 2.97. The maximum absolute atomic E-state index is 6.11. The summed E-state index contributed by atoms with van der Waals surface area (Å²) in [6.07, 6.45) is 3.76. The predicted molar refractivity (Wildman–Crippen MR) is 73.5 cm³/mol. The van der Waals surface area contributed by atoms with Gasteiger partial charge in [0, 0.05) is 31.5 Å². The highest BCUT2D eigenvalue weighted by Crippen LogP contribution is 2.26. The molecular formula is C13H16ClN3O. The van der Waals surface area contributed by atoms with Gasteiger partial charge in [-0.2, -0.15) is 0 Å². The van der Waals surface area contributed by atoms with Crippen LogP contribution in [0.3, 0.4) is 0 Å². The molecule has 0 saturated heterocycles. The van der Waals surface area contributed by atoms with E-state index in [2.05, 4.69) is 14.9 Å². The second-order valence-corrected chi connectivity index (χ2v) is 4.35. The highest BCUT2D eigenvalue weighted by molar-refractivity contribution is 6.33. The molecule has 0 amide bonds. The van der Waals surface area contributed by atoms with Gasteiger partial charge >= 0.3 is 0 Å². The Balaban J connectivity index is 1.96. The number of methoxy groups -OCH3 is 1. The van der Waals surface area contributed by atoms with E-state index in [1.165, 1.54) is 0 Å². The summed E-state index contributed by atoms with van der Waals surface area (Å²) in [5.74, 6) is 1.80. The second kappa shape index (κ2) is 5.78. The van der Waals surface area contributed by atoms with Gasteiger partial charge < -0.3 is 14.6 Å². The molecule has 0 saturated carbocycles. The Labute approximate surface area is 112 Å². The SMILES string of the molecule is COc1ccc(Cl)c(NCCn2ccnc2C)c1. The van der Waals surface area contributed by atoms with Crippen LogP contribution < -0.4 is 10.1 Å². The van der Waals surface area contributed by atoms with Gasteiger partial charge in [-0.05, 0) is 19.1 Å². The summed E-state index contributed by atoms with van der Waals surface area (Å²) in [6, 6.07) is 5.56. The van der Waals surface area contributed by atoms with Gasteiger partial charge in [0.05, 0.1) is 17.8 Å². The lowest BCUT2D eigenvalue weighted by molar-refractivity contribution is 0.415. The Hall–Kier alpha value is -1.68. The van der Waals surface area contributed by atoms with Crippen molar-refractivity contribution in [2.24, 2.45) is 0 Å². The van der Waals surface area contributed by atoms with Crippen LogP contribution in [0.25, 0.3) is 0 Å². The van der Waals surface area contributed by atoms with Crippen LogP contribution in [0.2, 0.25) is 5.02 Å². The summed E-state index contributed by atoms with van der Waals surface area (Å²) >= 11 is 6.11. The van der Waals surface area contributed by atoms with Gasteiger partial charge in [0.15, 0.2) is 0 Å². The van der Waals surface area contributed by atoms with E-state index in [4.69, 9.17) is 16.3 Å². The lowest BCUT2D eigenvalue weighted by Crippen LogP contribution is -2.11. The molecule has 1 heterocycles. The van der Waals surface area contributed by atoms with Crippen LogP contribution in [-0.2, 0) is 6.54 Å². The van der Waals surface area contributed by atoms with E-state index >= 15 is 0 Å². The van der Waals surface area contributed by atoms with Gasteiger partial charge in [-0.3, -0.25) is 0 Å². The third-order valence-corrected chi connectivity index (χ3v) is 3.09. The molecule has 0 aliphatic heterocycles. The number of ether oxygens (including phenoxy) is 1. The number of nitrogens with zero attached hydrogens (tertiary/aromatic N) is 2. The van der Waals surface area contributed by atoms with E-state index in [9.17, 15) is 0 Å². The first-order chi connectivity index (χ1) is 8.70. The van der Waals surface area contributed by atoms with Gasteiger partial charge in [0.25, 0.3) is 0 Å². The van der Waals surface area contributed by atoms with Crippen molar-refractivity contribution in [1.29, 1.82) is 0 Å². The Morgan fingerprint density at radius 1 is 1.44 bits per heavy atom. The van der Waals surface area contributed by atoms with Crippen LogP contribution in [0, 0.1) is 6.92 Å². The summed E-state index contributed by atoms with van der Waals surface area (Å²) < 4.78 is 7.25. The minimum atomic E-state index is 0.693. The number of imidazole rings is 1. The third kappa shape index (κ3) is 2.96. The molecule has 0 spiro atoms. The number of benzene rings is 1. The molecule has 0 bridgehead atoms. The number of halogens is 1. The summed E-state index contributed by atoms with van der Waals surface area (Å²) in [5.41, 5.74) is 0.883. The van der Waals surface area contributed by atoms with Crippen molar-refractivity contribution in [3.05, 3.63) is 41.4 Å². The second-order valence-electron chi connectivity index (χ2n) is 3.94. The molecular weight excluding hydrogens is 250 g/mol. The zero-order valence-corrected chi connectivity index (χ0v) is 11.2. The van der Waals surface area contributed by atoms with Crippen LogP contribution in [0.5, 0.6) is 5.75 Å². The molecule has 0 fully saturated rings. The minimum absolute atomic E-state index is 0.693. The first-order valence-corrected chi connectivity index (χ1v) is 6.13. The number of hydrogen-bond acceptors (Lipinski definition) is 3. The first kappa shape index (κ1) is 12.8. The molecule has 1 aromatic carbocycles. The number of hydrogen-bond donors (Lipinski definition) is 1. The molecule has 4 nitrogen and oxygen atoms in total. The van der Waals surface area contributed by atoms with Crippen molar-refractivity contribution >= 4 is 17.3 Å². The fourth-order valence-corrected chi connectivity index (χ4v) is 1.90. The molecule has 5 heteroatoms. The van der Waals surface area contributed by atoms with Crippen molar-refractivity contribution in [2.45, 2.75) is 13.5 Å². The quantitative estimate of drug-likeness (QED) is 0.903. The zero-order valence-electron chi connectivity index (χ0n) is 10.5. The number of aryl methyl sites for hydroxylation is 1. The number of anilines is 1. The zero-order chi connectivity index (χ0) is 13.0. The molecule has 18 heavy (non-hydrogen) atoms. The molecule has 1 aromatic heterocycles. The molecule has 1 N–H and O–H groups in total. The topological polar surface area (TPSA) is 39.1 Å². The summed E-state index contributed by atoms with van der Waals surface area (Å²) in [5, 5.41) is 3.99. The average molecular weight is 266 g/mol. The lowest BCUT2D eigenvalue weighted by Gasteiger charge is -2.11. The Kier molecular flexibility index (Phi) is 4.10. The molecule has 0 atom stereocenters. The van der Waals surface area contributed by atoms with Crippen molar-refractivity contribution in [1.82, 2.24) is 9.55 Å². The molecule has 2 rings (SSSR count). The largest absolute Gasteiger partial charge is 0.497 e. The van der Waals surface area contributed by atoms with Crippen LogP contribution in [0.1, 0.15) is 5.82 Å². The number of aromatic nitrogens is 2. The maximum Gasteiger partial charge on any atom is 0.121 e. The van der Waals surface area contributed by atoms with E-state index in [1.807, 2.05) is 31.3 Å². The van der Waals surface area contributed by atoms with Gasteiger partial charge in [0.2, 0.25) is 0 Å². The monoisotopic (exact) mass is 265 g/mol. The van der Waals surface area contributed by atoms with Gasteiger partial charge in [-0.1, -0.05) is 11.6 Å². The first-order valence-electron chi connectivity index (χ1n) is 5.76. The van der Waals surface area contributed by atoms with Crippen LogP contribution in [-0.4, -0.2) is 23.2 Å². The van der Waals surface area contributed by atoms with Crippen LogP contribution in [0.15, 0.2) is 30.6 Å². The Morgan fingerprint density at radius 3 is 2.94 bits per heavy atom. The minimum Gasteiger partial charge on any atom is -0.497 e. The van der Waals surface area contributed by atoms with Crippen molar-refractivity contribution in [3.8, 4) is 5.75 Å². The van der Waals surface area contributed by atoms with E-state index in [0.717, 1.165) is 30.4 Å².